The first-order valence-corrected chi connectivity index (χ1v) is 4.68. The summed E-state index contributed by atoms with van der Waals surface area (Å²) in [5, 5.41) is 0. The second-order valence-electron chi connectivity index (χ2n) is 3.18. The van der Waals surface area contributed by atoms with Crippen LogP contribution in [0, 0.1) is 5.92 Å². The van der Waals surface area contributed by atoms with Crippen molar-refractivity contribution in [3.8, 4) is 0 Å². The lowest BCUT2D eigenvalue weighted by atomic mass is 9.98. The Morgan fingerprint density at radius 3 is 2.58 bits per heavy atom. The standard InChI is InChI=1S/C12H20/c1-5-8-9-12(7-3)10-11(4)6-2/h5,7-9,11H,1,6,10H2,2-4H3/b9-8-,12-7-. The van der Waals surface area contributed by atoms with E-state index in [1.54, 1.807) is 0 Å². The molecule has 0 aliphatic carbocycles. The lowest BCUT2D eigenvalue weighted by molar-refractivity contribution is 0.562. The van der Waals surface area contributed by atoms with Crippen LogP contribution < -0.4 is 0 Å². The Balaban J connectivity index is 4.01. The number of allylic oxidation sites excluding steroid dienone is 5. The van der Waals surface area contributed by atoms with Crippen molar-refractivity contribution in [3.63, 3.8) is 0 Å². The van der Waals surface area contributed by atoms with Gasteiger partial charge in [-0.05, 0) is 19.3 Å². The van der Waals surface area contributed by atoms with Gasteiger partial charge in [-0.1, -0.05) is 56.7 Å². The van der Waals surface area contributed by atoms with Gasteiger partial charge in [0.25, 0.3) is 0 Å². The summed E-state index contributed by atoms with van der Waals surface area (Å²) < 4.78 is 0. The molecule has 0 N–H and O–H groups in total. The van der Waals surface area contributed by atoms with Crippen molar-refractivity contribution >= 4 is 0 Å². The molecule has 0 rings (SSSR count). The molecule has 0 saturated carbocycles. The fourth-order valence-corrected chi connectivity index (χ4v) is 1.02. The summed E-state index contributed by atoms with van der Waals surface area (Å²) in [5.41, 5.74) is 1.41. The normalized spacial score (nSPS) is 15.1. The van der Waals surface area contributed by atoms with Crippen molar-refractivity contribution in [2.45, 2.75) is 33.6 Å². The zero-order valence-electron chi connectivity index (χ0n) is 8.51. The summed E-state index contributed by atoms with van der Waals surface area (Å²) in [7, 11) is 0. The van der Waals surface area contributed by atoms with E-state index in [1.807, 2.05) is 12.2 Å². The van der Waals surface area contributed by atoms with Crippen molar-refractivity contribution in [1.29, 1.82) is 0 Å². The minimum atomic E-state index is 0.783. The zero-order chi connectivity index (χ0) is 9.40. The van der Waals surface area contributed by atoms with Gasteiger partial charge in [-0.15, -0.1) is 0 Å². The van der Waals surface area contributed by atoms with Crippen LogP contribution in [0.1, 0.15) is 33.6 Å². The molecule has 0 aliphatic heterocycles. The van der Waals surface area contributed by atoms with E-state index in [2.05, 4.69) is 39.5 Å². The van der Waals surface area contributed by atoms with Gasteiger partial charge >= 0.3 is 0 Å². The van der Waals surface area contributed by atoms with E-state index in [0.29, 0.717) is 0 Å². The van der Waals surface area contributed by atoms with Gasteiger partial charge < -0.3 is 0 Å². The molecule has 0 aliphatic rings. The van der Waals surface area contributed by atoms with Crippen molar-refractivity contribution in [1.82, 2.24) is 0 Å². The fourth-order valence-electron chi connectivity index (χ4n) is 1.02. The van der Waals surface area contributed by atoms with Crippen LogP contribution in [0.5, 0.6) is 0 Å². The minimum absolute atomic E-state index is 0.783. The van der Waals surface area contributed by atoms with Crippen LogP contribution in [-0.2, 0) is 0 Å². The lowest BCUT2D eigenvalue weighted by Crippen LogP contribution is -1.92. The molecule has 0 bridgehead atoms. The molecule has 0 heterocycles. The van der Waals surface area contributed by atoms with Gasteiger partial charge in [0.2, 0.25) is 0 Å². The Bertz CT molecular complexity index is 172. The minimum Gasteiger partial charge on any atom is -0.0991 e. The van der Waals surface area contributed by atoms with Crippen molar-refractivity contribution in [2.24, 2.45) is 5.92 Å². The summed E-state index contributed by atoms with van der Waals surface area (Å²) in [6.45, 7) is 10.3. The highest BCUT2D eigenvalue weighted by Crippen LogP contribution is 2.15. The Morgan fingerprint density at radius 1 is 1.50 bits per heavy atom. The molecule has 0 radical (unpaired) electrons. The molecule has 0 amide bonds. The molecule has 0 aromatic heterocycles. The van der Waals surface area contributed by atoms with Crippen LogP contribution in [0.4, 0.5) is 0 Å². The first-order valence-electron chi connectivity index (χ1n) is 4.68. The average molecular weight is 164 g/mol. The maximum Gasteiger partial charge on any atom is -0.0256 e. The van der Waals surface area contributed by atoms with Gasteiger partial charge in [-0.2, -0.15) is 0 Å². The molecule has 0 nitrogen and oxygen atoms in total. The second kappa shape index (κ2) is 6.90. The molecule has 12 heavy (non-hydrogen) atoms. The maximum absolute atomic E-state index is 3.65. The quantitative estimate of drug-likeness (QED) is 0.536. The summed E-state index contributed by atoms with van der Waals surface area (Å²) in [4.78, 5) is 0. The van der Waals surface area contributed by atoms with Crippen LogP contribution >= 0.6 is 0 Å². The molecular weight excluding hydrogens is 144 g/mol. The third kappa shape index (κ3) is 4.95. The molecule has 0 fully saturated rings. The molecule has 1 unspecified atom stereocenters. The Hall–Kier alpha value is -0.780. The smallest absolute Gasteiger partial charge is 0.0256 e. The summed E-state index contributed by atoms with van der Waals surface area (Å²) in [6.07, 6.45) is 10.6. The Morgan fingerprint density at radius 2 is 2.17 bits per heavy atom. The van der Waals surface area contributed by atoms with E-state index in [0.717, 1.165) is 5.92 Å². The summed E-state index contributed by atoms with van der Waals surface area (Å²) >= 11 is 0. The van der Waals surface area contributed by atoms with E-state index in [4.69, 9.17) is 0 Å². The molecule has 0 spiro atoms. The lowest BCUT2D eigenvalue weighted by Gasteiger charge is -2.07. The third-order valence-corrected chi connectivity index (χ3v) is 2.10. The Labute approximate surface area is 76.7 Å². The number of rotatable bonds is 5. The molecule has 0 heteroatoms. The zero-order valence-corrected chi connectivity index (χ0v) is 8.51. The van der Waals surface area contributed by atoms with Crippen LogP contribution in [0.2, 0.25) is 0 Å². The van der Waals surface area contributed by atoms with Crippen LogP contribution in [0.15, 0.2) is 36.5 Å². The molecular formula is C12H20. The maximum atomic E-state index is 3.65. The average Bonchev–Trinajstić information content (AvgIpc) is 2.11. The van der Waals surface area contributed by atoms with E-state index in [1.165, 1.54) is 18.4 Å². The summed E-state index contributed by atoms with van der Waals surface area (Å²) in [6, 6.07) is 0. The van der Waals surface area contributed by atoms with Gasteiger partial charge in [0, 0.05) is 0 Å². The van der Waals surface area contributed by atoms with Crippen molar-refractivity contribution in [3.05, 3.63) is 36.5 Å². The van der Waals surface area contributed by atoms with Crippen LogP contribution in [0.3, 0.4) is 0 Å². The highest BCUT2D eigenvalue weighted by Gasteiger charge is 1.99. The monoisotopic (exact) mass is 164 g/mol. The van der Waals surface area contributed by atoms with Crippen molar-refractivity contribution < 1.29 is 0 Å². The molecule has 0 saturated heterocycles. The van der Waals surface area contributed by atoms with Gasteiger partial charge in [-0.25, -0.2) is 0 Å². The number of hydrogen-bond acceptors (Lipinski definition) is 0. The van der Waals surface area contributed by atoms with Crippen LogP contribution in [-0.4, -0.2) is 0 Å². The molecule has 0 aromatic rings. The number of hydrogen-bond donors (Lipinski definition) is 0. The highest BCUT2D eigenvalue weighted by molar-refractivity contribution is 5.21. The largest absolute Gasteiger partial charge is 0.0991 e. The molecule has 1 atom stereocenters. The fraction of sp³-hybridized carbons (Fsp3) is 0.500. The van der Waals surface area contributed by atoms with Crippen molar-refractivity contribution in [2.75, 3.05) is 0 Å². The predicted molar refractivity (Wildman–Crippen MR) is 57.2 cm³/mol. The topological polar surface area (TPSA) is 0 Å². The van der Waals surface area contributed by atoms with Gasteiger partial charge in [0.1, 0.15) is 0 Å². The van der Waals surface area contributed by atoms with Crippen LogP contribution in [0.25, 0.3) is 0 Å². The first-order chi connectivity index (χ1) is 5.74. The second-order valence-corrected chi connectivity index (χ2v) is 3.18. The van der Waals surface area contributed by atoms with Gasteiger partial charge in [0.15, 0.2) is 0 Å². The van der Waals surface area contributed by atoms with E-state index in [9.17, 15) is 0 Å². The Kier molecular flexibility index (Phi) is 6.45. The van der Waals surface area contributed by atoms with Gasteiger partial charge in [0.05, 0.1) is 0 Å². The molecule has 68 valence electrons. The first kappa shape index (κ1) is 11.2. The van der Waals surface area contributed by atoms with E-state index in [-0.39, 0.29) is 0 Å². The highest BCUT2D eigenvalue weighted by atomic mass is 14.0. The predicted octanol–water partition coefficient (Wildman–Crippen LogP) is 4.11. The van der Waals surface area contributed by atoms with E-state index >= 15 is 0 Å². The SMILES string of the molecule is C=C/C=C\C(=C\C)CC(C)CC. The summed E-state index contributed by atoms with van der Waals surface area (Å²) in [5.74, 6) is 0.783. The van der Waals surface area contributed by atoms with Gasteiger partial charge in [-0.3, -0.25) is 0 Å². The third-order valence-electron chi connectivity index (χ3n) is 2.10. The molecule has 0 aromatic carbocycles. The van der Waals surface area contributed by atoms with E-state index < -0.39 is 0 Å².